The highest BCUT2D eigenvalue weighted by atomic mass is 32.2. The summed E-state index contributed by atoms with van der Waals surface area (Å²) in [6.07, 6.45) is 2.91. The number of hydrogen-bond donors (Lipinski definition) is 1. The van der Waals surface area contributed by atoms with Crippen molar-refractivity contribution in [1.82, 2.24) is 9.62 Å². The van der Waals surface area contributed by atoms with Crippen LogP contribution in [0.5, 0.6) is 0 Å². The maximum absolute atomic E-state index is 13.1. The topological polar surface area (TPSA) is 86.8 Å². The van der Waals surface area contributed by atoms with E-state index in [4.69, 9.17) is 0 Å². The zero-order valence-corrected chi connectivity index (χ0v) is 20.4. The molecule has 2 aromatic rings. The highest BCUT2D eigenvalue weighted by Crippen LogP contribution is 2.21. The molecule has 1 atom stereocenters. The minimum absolute atomic E-state index is 0.0555. The third-order valence-corrected chi connectivity index (χ3v) is 6.93. The fraction of sp³-hybridized carbons (Fsp3) is 0.308. The van der Waals surface area contributed by atoms with Gasteiger partial charge in [0.25, 0.3) is 10.0 Å². The van der Waals surface area contributed by atoms with E-state index in [0.717, 1.165) is 11.1 Å². The predicted octanol–water partition coefficient (Wildman–Crippen LogP) is 3.26. The molecule has 180 valence electrons. The molecule has 0 saturated carbocycles. The van der Waals surface area contributed by atoms with Gasteiger partial charge < -0.3 is 9.80 Å². The van der Waals surface area contributed by atoms with Crippen LogP contribution < -0.4 is 9.62 Å². The Bertz CT molecular complexity index is 1170. The van der Waals surface area contributed by atoms with Gasteiger partial charge in [0.1, 0.15) is 5.92 Å². The Labute approximate surface area is 201 Å². The Hall–Kier alpha value is -3.39. The van der Waals surface area contributed by atoms with Gasteiger partial charge in [0.05, 0.1) is 5.41 Å². The summed E-state index contributed by atoms with van der Waals surface area (Å²) < 4.78 is 26.8. The quantitative estimate of drug-likeness (QED) is 0.462. The molecule has 0 radical (unpaired) electrons. The van der Waals surface area contributed by atoms with Crippen LogP contribution in [-0.2, 0) is 19.6 Å². The third-order valence-electron chi connectivity index (χ3n) is 5.95. The van der Waals surface area contributed by atoms with Crippen molar-refractivity contribution >= 4 is 33.6 Å². The van der Waals surface area contributed by atoms with Crippen LogP contribution in [0.15, 0.2) is 66.6 Å². The molecule has 1 aliphatic heterocycles. The molecule has 1 saturated heterocycles. The normalized spacial score (nSPS) is 15.2. The molecule has 1 unspecified atom stereocenters. The third kappa shape index (κ3) is 6.57. The molecule has 0 bridgehead atoms. The average molecular weight is 482 g/mol. The van der Waals surface area contributed by atoms with Crippen molar-refractivity contribution in [2.24, 2.45) is 5.92 Å². The van der Waals surface area contributed by atoms with Crippen molar-refractivity contribution in [2.75, 3.05) is 31.1 Å². The van der Waals surface area contributed by atoms with E-state index in [9.17, 15) is 18.0 Å². The Balaban J connectivity index is 1.63. The van der Waals surface area contributed by atoms with Gasteiger partial charge in [-0.15, -0.1) is 6.58 Å². The van der Waals surface area contributed by atoms with Crippen molar-refractivity contribution in [3.63, 3.8) is 0 Å². The lowest BCUT2D eigenvalue weighted by Crippen LogP contribution is -2.52. The van der Waals surface area contributed by atoms with Crippen molar-refractivity contribution in [3.05, 3.63) is 83.3 Å². The standard InChI is InChI=1S/C26H31N3O4S/c1-4-8-24(25(30)27-34(32,33)18-13-22-9-6-5-7-10-22)26(31)29-16-14-28(15-17-29)23-12-11-20(2)21(3)19-23/h4-7,9-13,18-19,24H,1,8,14-17H2,2-3H3,(H,27,30)/b18-13+. The number of amides is 2. The highest BCUT2D eigenvalue weighted by molar-refractivity contribution is 7.93. The lowest BCUT2D eigenvalue weighted by molar-refractivity contribution is -0.141. The summed E-state index contributed by atoms with van der Waals surface area (Å²) in [6.45, 7) is 9.94. The summed E-state index contributed by atoms with van der Waals surface area (Å²) in [4.78, 5) is 29.7. The summed E-state index contributed by atoms with van der Waals surface area (Å²) in [5.41, 5.74) is 4.22. The molecule has 0 aromatic heterocycles. The lowest BCUT2D eigenvalue weighted by Gasteiger charge is -2.37. The smallest absolute Gasteiger partial charge is 0.257 e. The van der Waals surface area contributed by atoms with Gasteiger partial charge in [-0.25, -0.2) is 13.1 Å². The van der Waals surface area contributed by atoms with E-state index in [0.29, 0.717) is 31.7 Å². The first kappa shape index (κ1) is 25.2. The van der Waals surface area contributed by atoms with E-state index < -0.39 is 21.8 Å². The van der Waals surface area contributed by atoms with E-state index in [1.165, 1.54) is 23.3 Å². The van der Waals surface area contributed by atoms with Crippen LogP contribution in [0.1, 0.15) is 23.1 Å². The van der Waals surface area contributed by atoms with Gasteiger partial charge in [-0.05, 0) is 55.2 Å². The minimum atomic E-state index is -4.05. The van der Waals surface area contributed by atoms with E-state index in [2.05, 4.69) is 43.5 Å². The number of carbonyl (C=O) groups excluding carboxylic acids is 2. The molecule has 2 aromatic carbocycles. The van der Waals surface area contributed by atoms with Crippen LogP contribution in [0.3, 0.4) is 0 Å². The second-order valence-corrected chi connectivity index (χ2v) is 9.95. The lowest BCUT2D eigenvalue weighted by atomic mass is 10.0. The van der Waals surface area contributed by atoms with Crippen LogP contribution in [0.2, 0.25) is 0 Å². The summed E-state index contributed by atoms with van der Waals surface area (Å²) in [5.74, 6) is -2.39. The molecule has 1 aliphatic rings. The minimum Gasteiger partial charge on any atom is -0.368 e. The molecular formula is C26H31N3O4S. The van der Waals surface area contributed by atoms with Crippen LogP contribution in [-0.4, -0.2) is 51.3 Å². The number of nitrogens with zero attached hydrogens (tertiary/aromatic N) is 2. The molecule has 2 amide bonds. The zero-order valence-electron chi connectivity index (χ0n) is 19.6. The van der Waals surface area contributed by atoms with Crippen molar-refractivity contribution in [2.45, 2.75) is 20.3 Å². The first-order chi connectivity index (χ1) is 16.2. The van der Waals surface area contributed by atoms with E-state index in [-0.39, 0.29) is 12.3 Å². The van der Waals surface area contributed by atoms with Gasteiger partial charge in [0, 0.05) is 31.9 Å². The Morgan fingerprint density at radius 1 is 1.03 bits per heavy atom. The Kier molecular flexibility index (Phi) is 8.28. The SMILES string of the molecule is C=CCC(C(=O)NS(=O)(=O)/C=C/c1ccccc1)C(=O)N1CCN(c2ccc(C)c(C)c2)CC1. The van der Waals surface area contributed by atoms with Crippen LogP contribution in [0.25, 0.3) is 6.08 Å². The molecule has 0 spiro atoms. The Morgan fingerprint density at radius 2 is 1.71 bits per heavy atom. The number of hydrogen-bond acceptors (Lipinski definition) is 5. The molecule has 3 rings (SSSR count). The average Bonchev–Trinajstić information content (AvgIpc) is 2.83. The van der Waals surface area contributed by atoms with Crippen molar-refractivity contribution < 1.29 is 18.0 Å². The summed E-state index contributed by atoms with van der Waals surface area (Å²) >= 11 is 0. The second kappa shape index (κ2) is 11.2. The molecule has 8 heteroatoms. The number of carbonyl (C=O) groups is 2. The molecule has 1 heterocycles. The number of sulfonamides is 1. The number of aryl methyl sites for hydroxylation is 2. The largest absolute Gasteiger partial charge is 0.368 e. The number of piperazine rings is 1. The van der Waals surface area contributed by atoms with Crippen LogP contribution >= 0.6 is 0 Å². The number of nitrogens with one attached hydrogen (secondary N) is 1. The molecule has 7 nitrogen and oxygen atoms in total. The first-order valence-corrected chi connectivity index (χ1v) is 12.8. The molecule has 34 heavy (non-hydrogen) atoms. The van der Waals surface area contributed by atoms with Crippen LogP contribution in [0, 0.1) is 19.8 Å². The summed E-state index contributed by atoms with van der Waals surface area (Å²) in [7, 11) is -4.05. The fourth-order valence-corrected chi connectivity index (χ4v) is 4.62. The van der Waals surface area contributed by atoms with E-state index in [1.54, 1.807) is 29.2 Å². The number of benzene rings is 2. The van der Waals surface area contributed by atoms with Gasteiger partial charge in [0.15, 0.2) is 0 Å². The fourth-order valence-electron chi connectivity index (χ4n) is 3.79. The summed E-state index contributed by atoms with van der Waals surface area (Å²) in [6, 6.07) is 15.2. The van der Waals surface area contributed by atoms with Crippen molar-refractivity contribution in [1.29, 1.82) is 0 Å². The number of allylic oxidation sites excluding steroid dienone is 1. The number of rotatable bonds is 8. The molecule has 1 fully saturated rings. The van der Waals surface area contributed by atoms with Gasteiger partial charge in [-0.3, -0.25) is 9.59 Å². The van der Waals surface area contributed by atoms with Gasteiger partial charge in [-0.1, -0.05) is 42.5 Å². The van der Waals surface area contributed by atoms with Gasteiger partial charge in [0.2, 0.25) is 11.8 Å². The van der Waals surface area contributed by atoms with E-state index >= 15 is 0 Å². The maximum Gasteiger partial charge on any atom is 0.257 e. The second-order valence-electron chi connectivity index (χ2n) is 8.38. The number of anilines is 1. The Morgan fingerprint density at radius 3 is 2.32 bits per heavy atom. The summed E-state index contributed by atoms with van der Waals surface area (Å²) in [5, 5.41) is 0.929. The highest BCUT2D eigenvalue weighted by Gasteiger charge is 2.33. The molecular weight excluding hydrogens is 450 g/mol. The van der Waals surface area contributed by atoms with E-state index in [1.807, 2.05) is 10.8 Å². The van der Waals surface area contributed by atoms with Crippen molar-refractivity contribution in [3.8, 4) is 0 Å². The molecule has 0 aliphatic carbocycles. The zero-order chi connectivity index (χ0) is 24.7. The van der Waals surface area contributed by atoms with Gasteiger partial charge >= 0.3 is 0 Å². The first-order valence-electron chi connectivity index (χ1n) is 11.2. The monoisotopic (exact) mass is 481 g/mol. The maximum atomic E-state index is 13.1. The van der Waals surface area contributed by atoms with Gasteiger partial charge in [-0.2, -0.15) is 0 Å². The predicted molar refractivity (Wildman–Crippen MR) is 136 cm³/mol. The van der Waals surface area contributed by atoms with Crippen LogP contribution in [0.4, 0.5) is 5.69 Å². The molecule has 1 N–H and O–H groups in total.